The number of thiophene rings is 2. The van der Waals surface area contributed by atoms with Gasteiger partial charge in [0.05, 0.1) is 38.7 Å². The Labute approximate surface area is 341 Å². The molecule has 0 radical (unpaired) electrons. The summed E-state index contributed by atoms with van der Waals surface area (Å²) in [7, 11) is 0. The molecule has 0 N–H and O–H groups in total. The molecule has 0 fully saturated rings. The SMILES string of the molecule is c1ccc2c(c1)sc1ccc(-c3ccc(-c4nc(-n5c6ccc7oc8ccc9c%10ccccc%10n%10c%11cccc5c%11c6c7c8c9%10)nc5sc6ccccc6c45)cc3)cc12. The number of para-hydroxylation sites is 1. The minimum Gasteiger partial charge on any atom is -0.456 e. The molecule has 15 aromatic rings. The van der Waals surface area contributed by atoms with Gasteiger partial charge in [0, 0.05) is 68.1 Å². The van der Waals surface area contributed by atoms with Crippen LogP contribution in [0.1, 0.15) is 0 Å². The van der Waals surface area contributed by atoms with Crippen LogP contribution in [-0.2, 0) is 0 Å². The van der Waals surface area contributed by atoms with Crippen LogP contribution in [-0.4, -0.2) is 18.9 Å². The fraction of sp³-hybridized carbons (Fsp3) is 0. The summed E-state index contributed by atoms with van der Waals surface area (Å²) in [6.07, 6.45) is 0. The first-order valence-corrected chi connectivity index (χ1v) is 21.5. The first-order valence-electron chi connectivity index (χ1n) is 19.8. The molecule has 0 amide bonds. The van der Waals surface area contributed by atoms with E-state index in [1.165, 1.54) is 74.0 Å². The standard InChI is InChI=1S/C52H26N4OS2/c1-4-11-35-30(8-1)32-21-23-40-48-47-39(57-40)24-22-38-46(47)45-36(55(35)50(32)48)12-7-13-37(45)56(38)52-53-49(44-33-10-3-6-15-42(33)59-51(44)54-52)28-18-16-27(17-19-28)29-20-25-43-34(26-29)31-9-2-5-14-41(31)58-43/h1-26H. The Morgan fingerprint density at radius 1 is 0.407 bits per heavy atom. The van der Waals surface area contributed by atoms with E-state index in [1.54, 1.807) is 11.3 Å². The maximum absolute atomic E-state index is 6.65. The molecule has 0 aliphatic heterocycles. The number of fused-ring (bicyclic) bond motifs is 10. The average Bonchev–Trinajstić information content (AvgIpc) is 4.08. The highest BCUT2D eigenvalue weighted by Crippen LogP contribution is 2.49. The summed E-state index contributed by atoms with van der Waals surface area (Å²) >= 11 is 3.58. The van der Waals surface area contributed by atoms with Crippen LogP contribution in [0.25, 0.3) is 140 Å². The zero-order valence-electron chi connectivity index (χ0n) is 31.0. The fourth-order valence-corrected chi connectivity index (χ4v) is 12.4. The molecule has 272 valence electrons. The molecule has 0 unspecified atom stereocenters. The molecule has 0 saturated carbocycles. The fourth-order valence-electron chi connectivity index (χ4n) is 10.2. The third-order valence-corrected chi connectivity index (χ3v) is 14.9. The maximum Gasteiger partial charge on any atom is 0.236 e. The second-order valence-electron chi connectivity index (χ2n) is 15.7. The van der Waals surface area contributed by atoms with Crippen molar-refractivity contribution in [1.82, 2.24) is 18.9 Å². The van der Waals surface area contributed by atoms with E-state index >= 15 is 0 Å². The summed E-state index contributed by atoms with van der Waals surface area (Å²) in [5.41, 5.74) is 11.8. The Kier molecular flexibility index (Phi) is 5.63. The van der Waals surface area contributed by atoms with Crippen molar-refractivity contribution in [2.75, 3.05) is 0 Å². The summed E-state index contributed by atoms with van der Waals surface area (Å²) in [4.78, 5) is 12.0. The largest absolute Gasteiger partial charge is 0.456 e. The van der Waals surface area contributed by atoms with E-state index in [4.69, 9.17) is 14.4 Å². The van der Waals surface area contributed by atoms with E-state index in [0.717, 1.165) is 60.0 Å². The number of benzene rings is 8. The van der Waals surface area contributed by atoms with E-state index in [2.05, 4.69) is 167 Å². The monoisotopic (exact) mass is 786 g/mol. The lowest BCUT2D eigenvalue weighted by Gasteiger charge is -2.11. The van der Waals surface area contributed by atoms with Gasteiger partial charge in [-0.15, -0.1) is 22.7 Å². The number of rotatable bonds is 3. The van der Waals surface area contributed by atoms with Crippen LogP contribution in [0.4, 0.5) is 0 Å². The molecule has 0 saturated heterocycles. The molecule has 7 heterocycles. The van der Waals surface area contributed by atoms with Crippen LogP contribution in [0, 0.1) is 0 Å². The van der Waals surface area contributed by atoms with Gasteiger partial charge in [-0.25, -0.2) is 9.97 Å². The van der Waals surface area contributed by atoms with Crippen molar-refractivity contribution in [3.63, 3.8) is 0 Å². The van der Waals surface area contributed by atoms with Crippen molar-refractivity contribution in [3.05, 3.63) is 158 Å². The van der Waals surface area contributed by atoms with Gasteiger partial charge < -0.3 is 8.82 Å². The molecule has 0 aliphatic carbocycles. The molecule has 15 rings (SSSR count). The van der Waals surface area contributed by atoms with Crippen LogP contribution in [0.2, 0.25) is 0 Å². The lowest BCUT2D eigenvalue weighted by atomic mass is 9.99. The molecule has 7 aromatic heterocycles. The van der Waals surface area contributed by atoms with E-state index in [-0.39, 0.29) is 0 Å². The van der Waals surface area contributed by atoms with Crippen molar-refractivity contribution in [2.45, 2.75) is 0 Å². The van der Waals surface area contributed by atoms with Crippen LogP contribution < -0.4 is 0 Å². The van der Waals surface area contributed by atoms with E-state index in [9.17, 15) is 0 Å². The molecule has 0 bridgehead atoms. The van der Waals surface area contributed by atoms with Crippen molar-refractivity contribution in [2.24, 2.45) is 0 Å². The number of nitrogens with zero attached hydrogens (tertiary/aromatic N) is 4. The van der Waals surface area contributed by atoms with E-state index in [0.29, 0.717) is 5.95 Å². The summed E-state index contributed by atoms with van der Waals surface area (Å²) in [5.74, 6) is 0.658. The number of aromatic nitrogens is 4. The van der Waals surface area contributed by atoms with E-state index < -0.39 is 0 Å². The van der Waals surface area contributed by atoms with Gasteiger partial charge in [0.15, 0.2) is 0 Å². The summed E-state index contributed by atoms with van der Waals surface area (Å²) < 4.78 is 15.2. The molecule has 0 atom stereocenters. The van der Waals surface area contributed by atoms with Crippen molar-refractivity contribution < 1.29 is 4.42 Å². The maximum atomic E-state index is 6.65. The van der Waals surface area contributed by atoms with Crippen molar-refractivity contribution in [3.8, 4) is 28.3 Å². The third kappa shape index (κ3) is 3.85. The Hall–Kier alpha value is -7.32. The van der Waals surface area contributed by atoms with Crippen LogP contribution in [0.15, 0.2) is 162 Å². The molecule has 5 nitrogen and oxygen atoms in total. The Morgan fingerprint density at radius 2 is 1.08 bits per heavy atom. The van der Waals surface area contributed by atoms with Crippen LogP contribution in [0.5, 0.6) is 0 Å². The van der Waals surface area contributed by atoms with Gasteiger partial charge in [-0.1, -0.05) is 91.0 Å². The minimum absolute atomic E-state index is 0.658. The summed E-state index contributed by atoms with van der Waals surface area (Å²) in [5, 5.41) is 12.0. The first-order chi connectivity index (χ1) is 29.2. The number of hydrogen-bond donors (Lipinski definition) is 0. The number of hydrogen-bond acceptors (Lipinski definition) is 5. The quantitative estimate of drug-likeness (QED) is 0.179. The van der Waals surface area contributed by atoms with Gasteiger partial charge in [0.25, 0.3) is 0 Å². The highest BCUT2D eigenvalue weighted by Gasteiger charge is 2.27. The highest BCUT2D eigenvalue weighted by atomic mass is 32.1. The summed E-state index contributed by atoms with van der Waals surface area (Å²) in [6.45, 7) is 0. The lowest BCUT2D eigenvalue weighted by molar-refractivity contribution is 0.669. The Bertz CT molecular complexity index is 4250. The smallest absolute Gasteiger partial charge is 0.236 e. The predicted octanol–water partition coefficient (Wildman–Crippen LogP) is 15.0. The molecule has 7 heteroatoms. The Morgan fingerprint density at radius 3 is 1.98 bits per heavy atom. The second kappa shape index (κ2) is 10.8. The summed E-state index contributed by atoms with van der Waals surface area (Å²) in [6, 6.07) is 57.2. The molecule has 59 heavy (non-hydrogen) atoms. The van der Waals surface area contributed by atoms with Crippen LogP contribution in [0.3, 0.4) is 0 Å². The zero-order chi connectivity index (χ0) is 38.1. The minimum atomic E-state index is 0.658. The second-order valence-corrected chi connectivity index (χ2v) is 17.8. The van der Waals surface area contributed by atoms with Gasteiger partial charge in [-0.3, -0.25) is 4.57 Å². The van der Waals surface area contributed by atoms with Crippen LogP contribution >= 0.6 is 22.7 Å². The highest BCUT2D eigenvalue weighted by molar-refractivity contribution is 7.26. The lowest BCUT2D eigenvalue weighted by Crippen LogP contribution is -2.02. The van der Waals surface area contributed by atoms with Gasteiger partial charge in [0.1, 0.15) is 16.0 Å². The van der Waals surface area contributed by atoms with Crippen molar-refractivity contribution in [1.29, 1.82) is 0 Å². The number of furan rings is 1. The first kappa shape index (κ1) is 30.8. The average molecular weight is 787 g/mol. The molecule has 0 spiro atoms. The molecular formula is C52H26N4OS2. The zero-order valence-corrected chi connectivity index (χ0v) is 32.7. The van der Waals surface area contributed by atoms with Gasteiger partial charge in [0.2, 0.25) is 5.95 Å². The third-order valence-electron chi connectivity index (χ3n) is 12.7. The van der Waals surface area contributed by atoms with Gasteiger partial charge in [-0.2, -0.15) is 0 Å². The molecule has 8 aromatic carbocycles. The Balaban J connectivity index is 1.01. The normalized spacial score (nSPS) is 12.7. The van der Waals surface area contributed by atoms with Gasteiger partial charge in [-0.05, 0) is 77.9 Å². The van der Waals surface area contributed by atoms with E-state index in [1.807, 2.05) is 11.3 Å². The topological polar surface area (TPSA) is 48.3 Å². The van der Waals surface area contributed by atoms with Crippen molar-refractivity contribution >= 4 is 134 Å². The molecule has 0 aliphatic rings. The van der Waals surface area contributed by atoms with Gasteiger partial charge >= 0.3 is 0 Å². The molecular weight excluding hydrogens is 761 g/mol. The predicted molar refractivity (Wildman–Crippen MR) is 249 cm³/mol.